The van der Waals surface area contributed by atoms with Crippen molar-refractivity contribution in [3.05, 3.63) is 48.1 Å². The maximum absolute atomic E-state index is 12.1. The Bertz CT molecular complexity index is 772. The van der Waals surface area contributed by atoms with Crippen LogP contribution in [0.4, 0.5) is 11.5 Å². The number of amides is 1. The molecular formula is C20H23N3O2. The summed E-state index contributed by atoms with van der Waals surface area (Å²) in [5.74, 6) is 3.79. The molecule has 2 aromatic heterocycles. The lowest BCUT2D eigenvalue weighted by atomic mass is 10.3. The van der Waals surface area contributed by atoms with Crippen LogP contribution in [0.3, 0.4) is 0 Å². The van der Waals surface area contributed by atoms with Crippen molar-refractivity contribution in [2.45, 2.75) is 32.1 Å². The summed E-state index contributed by atoms with van der Waals surface area (Å²) in [4.78, 5) is 18.8. The van der Waals surface area contributed by atoms with Gasteiger partial charge in [-0.2, -0.15) is 0 Å². The Morgan fingerprint density at radius 3 is 2.76 bits per heavy atom. The number of carbonyl (C=O) groups is 1. The van der Waals surface area contributed by atoms with Gasteiger partial charge in [0.2, 0.25) is 5.91 Å². The molecule has 5 heteroatoms. The topological polar surface area (TPSA) is 58.4 Å². The molecule has 1 saturated heterocycles. The first-order valence-electron chi connectivity index (χ1n) is 8.99. The van der Waals surface area contributed by atoms with Crippen LogP contribution < -0.4 is 10.2 Å². The summed E-state index contributed by atoms with van der Waals surface area (Å²) in [5, 5.41) is 2.83. The van der Waals surface area contributed by atoms with Crippen LogP contribution in [-0.4, -0.2) is 24.0 Å². The predicted octanol–water partition coefficient (Wildman–Crippen LogP) is 4.05. The van der Waals surface area contributed by atoms with Gasteiger partial charge in [0.1, 0.15) is 17.3 Å². The number of pyridine rings is 1. The number of hydrogen-bond acceptors (Lipinski definition) is 4. The molecule has 2 aromatic rings. The van der Waals surface area contributed by atoms with Crippen LogP contribution in [0.1, 0.15) is 43.6 Å². The van der Waals surface area contributed by atoms with E-state index in [2.05, 4.69) is 22.1 Å². The molecule has 1 saturated carbocycles. The van der Waals surface area contributed by atoms with Crippen molar-refractivity contribution in [2.24, 2.45) is 5.92 Å². The summed E-state index contributed by atoms with van der Waals surface area (Å²) < 4.78 is 5.77. The highest BCUT2D eigenvalue weighted by Crippen LogP contribution is 2.47. The first-order valence-corrected chi connectivity index (χ1v) is 8.99. The second-order valence-electron chi connectivity index (χ2n) is 6.98. The number of anilines is 2. The van der Waals surface area contributed by atoms with Crippen LogP contribution in [0, 0.1) is 5.92 Å². The molecule has 5 nitrogen and oxygen atoms in total. The van der Waals surface area contributed by atoms with Crippen molar-refractivity contribution in [1.82, 2.24) is 4.98 Å². The predicted molar refractivity (Wildman–Crippen MR) is 98.6 cm³/mol. The fourth-order valence-corrected chi connectivity index (χ4v) is 3.31. The summed E-state index contributed by atoms with van der Waals surface area (Å²) in [6.07, 6.45) is 8.54. The van der Waals surface area contributed by atoms with Gasteiger partial charge >= 0.3 is 0 Å². The third-order valence-corrected chi connectivity index (χ3v) is 4.97. The maximum Gasteiger partial charge on any atom is 0.248 e. The SMILES string of the molecule is C[C@@H]1C[C@@H]1c1ccc(/C=C/C(=O)Nc2ccc(N3CCCC3)nc2)o1. The van der Waals surface area contributed by atoms with Gasteiger partial charge in [-0.05, 0) is 55.5 Å². The Labute approximate surface area is 147 Å². The van der Waals surface area contributed by atoms with Crippen LogP contribution in [0.15, 0.2) is 41.0 Å². The Morgan fingerprint density at radius 1 is 1.28 bits per heavy atom. The van der Waals surface area contributed by atoms with Crippen LogP contribution in [-0.2, 0) is 4.79 Å². The first kappa shape index (κ1) is 15.9. The van der Waals surface area contributed by atoms with E-state index < -0.39 is 0 Å². The van der Waals surface area contributed by atoms with Crippen LogP contribution in [0.5, 0.6) is 0 Å². The van der Waals surface area contributed by atoms with E-state index >= 15 is 0 Å². The Hall–Kier alpha value is -2.56. The summed E-state index contributed by atoms with van der Waals surface area (Å²) in [6, 6.07) is 7.77. The van der Waals surface area contributed by atoms with E-state index in [-0.39, 0.29) is 5.91 Å². The van der Waals surface area contributed by atoms with Crippen LogP contribution in [0.2, 0.25) is 0 Å². The quantitative estimate of drug-likeness (QED) is 0.836. The highest BCUT2D eigenvalue weighted by molar-refractivity contribution is 6.01. The largest absolute Gasteiger partial charge is 0.461 e. The molecule has 4 rings (SSSR count). The molecule has 0 spiro atoms. The molecule has 130 valence electrons. The zero-order valence-corrected chi connectivity index (χ0v) is 14.4. The summed E-state index contributed by atoms with van der Waals surface area (Å²) in [5.41, 5.74) is 0.699. The van der Waals surface area contributed by atoms with E-state index in [9.17, 15) is 4.79 Å². The fourth-order valence-electron chi connectivity index (χ4n) is 3.31. The van der Waals surface area contributed by atoms with Gasteiger partial charge < -0.3 is 14.6 Å². The van der Waals surface area contributed by atoms with Gasteiger partial charge in [-0.15, -0.1) is 0 Å². The molecular weight excluding hydrogens is 314 g/mol. The third kappa shape index (κ3) is 3.76. The maximum atomic E-state index is 12.1. The number of furan rings is 1. The van der Waals surface area contributed by atoms with Gasteiger partial charge in [-0.3, -0.25) is 4.79 Å². The molecule has 1 aliphatic carbocycles. The smallest absolute Gasteiger partial charge is 0.248 e. The van der Waals surface area contributed by atoms with Crippen molar-refractivity contribution in [1.29, 1.82) is 0 Å². The van der Waals surface area contributed by atoms with Crippen LogP contribution in [0.25, 0.3) is 6.08 Å². The highest BCUT2D eigenvalue weighted by Gasteiger charge is 2.36. The van der Waals surface area contributed by atoms with E-state index in [4.69, 9.17) is 4.42 Å². The first-order chi connectivity index (χ1) is 12.2. The van der Waals surface area contributed by atoms with Gasteiger partial charge in [-0.1, -0.05) is 6.92 Å². The second-order valence-corrected chi connectivity index (χ2v) is 6.98. The molecule has 2 fully saturated rings. The lowest BCUT2D eigenvalue weighted by Gasteiger charge is -2.16. The Morgan fingerprint density at radius 2 is 2.08 bits per heavy atom. The van der Waals surface area contributed by atoms with Gasteiger partial charge in [-0.25, -0.2) is 4.98 Å². The van der Waals surface area contributed by atoms with Gasteiger partial charge in [0, 0.05) is 25.1 Å². The van der Waals surface area contributed by atoms with Crippen molar-refractivity contribution >= 4 is 23.5 Å². The fraction of sp³-hybridized carbons (Fsp3) is 0.400. The summed E-state index contributed by atoms with van der Waals surface area (Å²) in [7, 11) is 0. The van der Waals surface area contributed by atoms with Crippen LogP contribution >= 0.6 is 0 Å². The number of hydrogen-bond donors (Lipinski definition) is 1. The molecule has 0 bridgehead atoms. The lowest BCUT2D eigenvalue weighted by Crippen LogP contribution is -2.18. The molecule has 0 aromatic carbocycles. The molecule has 2 atom stereocenters. The van der Waals surface area contributed by atoms with Gasteiger partial charge in [0.25, 0.3) is 0 Å². The Kier molecular flexibility index (Phi) is 4.30. The minimum atomic E-state index is -0.187. The van der Waals surface area contributed by atoms with Crippen molar-refractivity contribution in [2.75, 3.05) is 23.3 Å². The van der Waals surface area contributed by atoms with Crippen molar-refractivity contribution in [3.63, 3.8) is 0 Å². The molecule has 1 amide bonds. The average molecular weight is 337 g/mol. The average Bonchev–Trinajstić information content (AvgIpc) is 3.06. The minimum Gasteiger partial charge on any atom is -0.461 e. The van der Waals surface area contributed by atoms with E-state index in [1.54, 1.807) is 12.3 Å². The van der Waals surface area contributed by atoms with Gasteiger partial charge in [0.05, 0.1) is 11.9 Å². The number of rotatable bonds is 5. The standard InChI is InChI=1S/C20H23N3O2/c1-14-12-17(14)18-7-5-16(25-18)6-9-20(24)22-15-4-8-19(21-13-15)23-10-2-3-11-23/h4-9,13-14,17H,2-3,10-12H2,1H3,(H,22,24)/b9-6+/t14-,17+/m1/s1. The molecule has 25 heavy (non-hydrogen) atoms. The second kappa shape index (κ2) is 6.75. The Balaban J connectivity index is 1.32. The molecule has 0 unspecified atom stereocenters. The van der Waals surface area contributed by atoms with Gasteiger partial charge in [0.15, 0.2) is 0 Å². The number of aromatic nitrogens is 1. The monoisotopic (exact) mass is 337 g/mol. The van der Waals surface area contributed by atoms with Crippen molar-refractivity contribution < 1.29 is 9.21 Å². The molecule has 2 aliphatic rings. The molecule has 3 heterocycles. The molecule has 1 N–H and O–H groups in total. The zero-order chi connectivity index (χ0) is 17.2. The highest BCUT2D eigenvalue weighted by atomic mass is 16.3. The summed E-state index contributed by atoms with van der Waals surface area (Å²) >= 11 is 0. The lowest BCUT2D eigenvalue weighted by molar-refractivity contribution is -0.111. The summed E-state index contributed by atoms with van der Waals surface area (Å²) in [6.45, 7) is 4.34. The van der Waals surface area contributed by atoms with Crippen molar-refractivity contribution in [3.8, 4) is 0 Å². The van der Waals surface area contributed by atoms with E-state index in [0.717, 1.165) is 24.7 Å². The third-order valence-electron chi connectivity index (χ3n) is 4.97. The molecule has 0 radical (unpaired) electrons. The number of nitrogens with one attached hydrogen (secondary N) is 1. The normalized spacial score (nSPS) is 22.5. The van der Waals surface area contributed by atoms with E-state index in [1.165, 1.54) is 25.3 Å². The minimum absolute atomic E-state index is 0.187. The number of nitrogens with zero attached hydrogens (tertiary/aromatic N) is 2. The van der Waals surface area contributed by atoms with E-state index in [0.29, 0.717) is 23.3 Å². The molecule has 1 aliphatic heterocycles. The number of carbonyl (C=O) groups excluding carboxylic acids is 1. The zero-order valence-electron chi connectivity index (χ0n) is 14.4. The van der Waals surface area contributed by atoms with E-state index in [1.807, 2.05) is 24.3 Å².